The maximum absolute atomic E-state index is 13.9. The second-order valence-electron chi connectivity index (χ2n) is 10.2. The number of rotatable bonds is 10. The van der Waals surface area contributed by atoms with E-state index in [-0.39, 0.29) is 25.0 Å². The first-order valence-corrected chi connectivity index (χ1v) is 13.7. The Balaban J connectivity index is 1.44. The Morgan fingerprint density at radius 1 is 1.07 bits per heavy atom. The highest BCUT2D eigenvalue weighted by atomic mass is 19.1. The van der Waals surface area contributed by atoms with Crippen LogP contribution in [-0.2, 0) is 22.7 Å². The van der Waals surface area contributed by atoms with Gasteiger partial charge in [-0.2, -0.15) is 4.80 Å². The quantitative estimate of drug-likeness (QED) is 0.301. The number of methoxy groups -OCH3 is 1. The van der Waals surface area contributed by atoms with Gasteiger partial charge in [0.2, 0.25) is 11.7 Å². The Morgan fingerprint density at radius 3 is 2.46 bits per heavy atom. The number of hydrogen-bond donors (Lipinski definition) is 1. The van der Waals surface area contributed by atoms with Crippen LogP contribution in [0.4, 0.5) is 4.39 Å². The molecule has 5 rings (SSSR count). The number of hydrogen-bond acceptors (Lipinski definition) is 7. The lowest BCUT2D eigenvalue weighted by Crippen LogP contribution is -2.47. The summed E-state index contributed by atoms with van der Waals surface area (Å²) >= 11 is 0. The maximum Gasteiger partial charge on any atom is 0.250 e. The van der Waals surface area contributed by atoms with E-state index in [1.807, 2.05) is 0 Å². The molecule has 0 saturated heterocycles. The van der Waals surface area contributed by atoms with Gasteiger partial charge in [-0.3, -0.25) is 9.59 Å². The third kappa shape index (κ3) is 6.97. The minimum Gasteiger partial charge on any atom is -0.497 e. The second-order valence-corrected chi connectivity index (χ2v) is 10.2. The summed E-state index contributed by atoms with van der Waals surface area (Å²) < 4.78 is 24.8. The summed E-state index contributed by atoms with van der Waals surface area (Å²) in [4.78, 5) is 30.4. The van der Waals surface area contributed by atoms with E-state index in [0.717, 1.165) is 32.1 Å². The molecular weight excluding hydrogens is 527 g/mol. The average molecular weight is 561 g/mol. The molecule has 1 N–H and O–H groups in total. The molecule has 4 aromatic rings. The van der Waals surface area contributed by atoms with Crippen LogP contribution in [0.5, 0.6) is 5.75 Å². The Morgan fingerprint density at radius 2 is 1.80 bits per heavy atom. The van der Waals surface area contributed by atoms with E-state index in [4.69, 9.17) is 9.15 Å². The smallest absolute Gasteiger partial charge is 0.250 e. The van der Waals surface area contributed by atoms with E-state index in [0.29, 0.717) is 34.2 Å². The highest BCUT2D eigenvalue weighted by Gasteiger charge is 2.35. The van der Waals surface area contributed by atoms with Crippen LogP contribution in [0.1, 0.15) is 55.2 Å². The van der Waals surface area contributed by atoms with Crippen molar-refractivity contribution in [2.45, 2.75) is 64.2 Å². The lowest BCUT2D eigenvalue weighted by molar-refractivity contribution is -0.143. The molecule has 1 saturated carbocycles. The minimum atomic E-state index is -1.05. The highest BCUT2D eigenvalue weighted by molar-refractivity contribution is 5.88. The molecule has 2 heterocycles. The molecule has 0 radical (unpaired) electrons. The number of benzene rings is 2. The van der Waals surface area contributed by atoms with Gasteiger partial charge in [0.15, 0.2) is 6.04 Å². The first-order valence-electron chi connectivity index (χ1n) is 13.7. The van der Waals surface area contributed by atoms with Gasteiger partial charge in [0, 0.05) is 18.2 Å². The fraction of sp³-hybridized carbons (Fsp3) is 0.367. The Labute approximate surface area is 237 Å². The third-order valence-corrected chi connectivity index (χ3v) is 7.21. The summed E-state index contributed by atoms with van der Waals surface area (Å²) in [6.07, 6.45) is 5.01. The molecule has 1 aliphatic carbocycles. The van der Waals surface area contributed by atoms with Gasteiger partial charge in [0.05, 0.1) is 7.11 Å². The number of amides is 2. The van der Waals surface area contributed by atoms with E-state index in [9.17, 15) is 14.0 Å². The monoisotopic (exact) mass is 560 g/mol. The zero-order valence-corrected chi connectivity index (χ0v) is 23.1. The molecule has 1 atom stereocenters. The number of nitrogens with zero attached hydrogens (tertiary/aromatic N) is 5. The van der Waals surface area contributed by atoms with Gasteiger partial charge in [-0.1, -0.05) is 31.4 Å². The molecular formula is C30H33FN6O4. The molecule has 1 aliphatic rings. The van der Waals surface area contributed by atoms with E-state index >= 15 is 0 Å². The lowest BCUT2D eigenvalue weighted by atomic mass is 9.95. The molecule has 1 fully saturated rings. The third-order valence-electron chi connectivity index (χ3n) is 7.21. The van der Waals surface area contributed by atoms with E-state index in [2.05, 4.69) is 20.7 Å². The van der Waals surface area contributed by atoms with Crippen molar-refractivity contribution in [2.75, 3.05) is 7.11 Å². The fourth-order valence-electron chi connectivity index (χ4n) is 5.04. The summed E-state index contributed by atoms with van der Waals surface area (Å²) in [5.74, 6) is 0.858. The van der Waals surface area contributed by atoms with E-state index < -0.39 is 17.8 Å². The Hall–Kier alpha value is -4.54. The summed E-state index contributed by atoms with van der Waals surface area (Å²) in [6, 6.07) is 15.5. The summed E-state index contributed by atoms with van der Waals surface area (Å²) in [6.45, 7) is 1.56. The number of ether oxygens (including phenoxy) is 1. The summed E-state index contributed by atoms with van der Waals surface area (Å²) in [5.41, 5.74) is 1.37. The van der Waals surface area contributed by atoms with Gasteiger partial charge in [-0.15, -0.1) is 10.2 Å². The van der Waals surface area contributed by atoms with E-state index in [1.165, 1.54) is 21.8 Å². The SMILES string of the molecule is COc1ccc(-c2nnn(CC(=O)N(Cc3ccc(F)cc3)[C@@H](C(=O)NC3CCCCC3)c3ccc(C)o3)n2)cc1. The maximum atomic E-state index is 13.9. The predicted octanol–water partition coefficient (Wildman–Crippen LogP) is 4.61. The van der Waals surface area contributed by atoms with Crippen molar-refractivity contribution in [3.63, 3.8) is 0 Å². The molecule has 0 unspecified atom stereocenters. The average Bonchev–Trinajstić information content (AvgIpc) is 3.63. The topological polar surface area (TPSA) is 115 Å². The van der Waals surface area contributed by atoms with Crippen molar-refractivity contribution in [3.8, 4) is 17.1 Å². The van der Waals surface area contributed by atoms with Crippen LogP contribution in [0, 0.1) is 12.7 Å². The van der Waals surface area contributed by atoms with Crippen molar-refractivity contribution in [3.05, 3.63) is 83.6 Å². The van der Waals surface area contributed by atoms with Gasteiger partial charge in [-0.25, -0.2) is 4.39 Å². The molecule has 2 aromatic carbocycles. The largest absolute Gasteiger partial charge is 0.497 e. The zero-order chi connectivity index (χ0) is 28.8. The van der Waals surface area contributed by atoms with Gasteiger partial charge in [0.25, 0.3) is 5.91 Å². The summed E-state index contributed by atoms with van der Waals surface area (Å²) in [7, 11) is 1.58. The Kier molecular flexibility index (Phi) is 8.71. The molecule has 0 aliphatic heterocycles. The first kappa shape index (κ1) is 28.0. The standard InChI is InChI=1S/C30H33FN6O4/c1-20-8-17-26(41-20)28(30(39)32-24-6-4-3-5-7-24)36(18-21-9-13-23(31)14-10-21)27(38)19-37-34-29(33-35-37)22-11-15-25(40-2)16-12-22/h8-17,24,28H,3-7,18-19H2,1-2H3,(H,32,39)/t28-/m1/s1. The van der Waals surface area contributed by atoms with Crippen LogP contribution in [0.3, 0.4) is 0 Å². The van der Waals surface area contributed by atoms with E-state index in [1.54, 1.807) is 62.6 Å². The zero-order valence-electron chi connectivity index (χ0n) is 23.1. The number of aryl methyl sites for hydroxylation is 1. The second kappa shape index (κ2) is 12.8. The van der Waals surface area contributed by atoms with Gasteiger partial charge >= 0.3 is 0 Å². The van der Waals surface area contributed by atoms with Gasteiger partial charge in [-0.05, 0) is 79.1 Å². The number of carbonyl (C=O) groups is 2. The van der Waals surface area contributed by atoms with Crippen LogP contribution in [0.2, 0.25) is 0 Å². The van der Waals surface area contributed by atoms with Crippen LogP contribution in [0.25, 0.3) is 11.4 Å². The van der Waals surface area contributed by atoms with Crippen LogP contribution in [0.15, 0.2) is 65.1 Å². The van der Waals surface area contributed by atoms with Crippen molar-refractivity contribution >= 4 is 11.8 Å². The number of carbonyl (C=O) groups excluding carboxylic acids is 2. The number of aromatic nitrogens is 4. The number of furan rings is 1. The number of halogens is 1. The van der Waals surface area contributed by atoms with Crippen molar-refractivity contribution in [1.82, 2.24) is 30.4 Å². The molecule has 2 aromatic heterocycles. The molecule has 11 heteroatoms. The van der Waals surface area contributed by atoms with Crippen LogP contribution >= 0.6 is 0 Å². The summed E-state index contributed by atoms with van der Waals surface area (Å²) in [5, 5.41) is 15.7. The van der Waals surface area contributed by atoms with Crippen molar-refractivity contribution in [2.24, 2.45) is 0 Å². The Bertz CT molecular complexity index is 1460. The number of nitrogens with one attached hydrogen (secondary N) is 1. The van der Waals surface area contributed by atoms with Gasteiger partial charge in [0.1, 0.15) is 29.6 Å². The fourth-order valence-corrected chi connectivity index (χ4v) is 5.04. The molecule has 10 nitrogen and oxygen atoms in total. The van der Waals surface area contributed by atoms with Crippen LogP contribution in [-0.4, -0.2) is 50.1 Å². The molecule has 0 bridgehead atoms. The van der Waals surface area contributed by atoms with Crippen LogP contribution < -0.4 is 10.1 Å². The van der Waals surface area contributed by atoms with Crippen molar-refractivity contribution < 1.29 is 23.1 Å². The molecule has 0 spiro atoms. The predicted molar refractivity (Wildman–Crippen MR) is 148 cm³/mol. The highest BCUT2D eigenvalue weighted by Crippen LogP contribution is 2.28. The first-order chi connectivity index (χ1) is 19.9. The van der Waals surface area contributed by atoms with Gasteiger partial charge < -0.3 is 19.4 Å². The number of tetrazole rings is 1. The lowest BCUT2D eigenvalue weighted by Gasteiger charge is -2.32. The molecule has 2 amide bonds. The minimum absolute atomic E-state index is 0.0293. The van der Waals surface area contributed by atoms with Crippen molar-refractivity contribution in [1.29, 1.82) is 0 Å². The molecule has 214 valence electrons. The normalized spacial score (nSPS) is 14.4. The molecule has 41 heavy (non-hydrogen) atoms.